The minimum Gasteiger partial charge on any atom is -0.497 e. The van der Waals surface area contributed by atoms with Crippen LogP contribution in [0.3, 0.4) is 0 Å². The van der Waals surface area contributed by atoms with Gasteiger partial charge in [0.25, 0.3) is 11.8 Å². The smallest absolute Gasteiger partial charge is 0.262 e. The fourth-order valence-electron chi connectivity index (χ4n) is 2.59. The number of thioether (sulfide) groups is 1. The van der Waals surface area contributed by atoms with Gasteiger partial charge in [0.2, 0.25) is 5.13 Å². The first-order chi connectivity index (χ1) is 13.2. The summed E-state index contributed by atoms with van der Waals surface area (Å²) in [7, 11) is 1.62. The van der Waals surface area contributed by atoms with Gasteiger partial charge >= 0.3 is 0 Å². The summed E-state index contributed by atoms with van der Waals surface area (Å²) in [6.45, 7) is 0. The lowest BCUT2D eigenvalue weighted by atomic mass is 10.1. The summed E-state index contributed by atoms with van der Waals surface area (Å²) in [4.78, 5) is 26.0. The molecule has 9 heteroatoms. The molecule has 0 bridgehead atoms. The quantitative estimate of drug-likeness (QED) is 0.501. The number of benzene rings is 2. The van der Waals surface area contributed by atoms with Crippen molar-refractivity contribution in [2.75, 3.05) is 18.3 Å². The molecule has 4 rings (SSSR count). The van der Waals surface area contributed by atoms with E-state index in [1.165, 1.54) is 28.0 Å². The molecule has 136 valence electrons. The van der Waals surface area contributed by atoms with Gasteiger partial charge in [-0.25, -0.2) is 0 Å². The van der Waals surface area contributed by atoms with Crippen molar-refractivity contribution in [3.63, 3.8) is 0 Å². The van der Waals surface area contributed by atoms with E-state index in [9.17, 15) is 9.59 Å². The van der Waals surface area contributed by atoms with E-state index >= 15 is 0 Å². The van der Waals surface area contributed by atoms with E-state index in [2.05, 4.69) is 15.5 Å². The molecule has 0 spiro atoms. The highest BCUT2D eigenvalue weighted by Gasteiger charge is 2.35. The molecule has 0 unspecified atom stereocenters. The summed E-state index contributed by atoms with van der Waals surface area (Å²) in [5, 5.41) is 12.0. The molecular weight excluding hydrogens is 384 g/mol. The second-order valence-electron chi connectivity index (χ2n) is 5.58. The molecule has 0 atom stereocenters. The third-order valence-corrected chi connectivity index (χ3v) is 5.90. The number of ether oxygens (including phenoxy) is 1. The monoisotopic (exact) mass is 398 g/mol. The minimum absolute atomic E-state index is 0.198. The van der Waals surface area contributed by atoms with Crippen LogP contribution in [0.25, 0.3) is 0 Å². The van der Waals surface area contributed by atoms with Crippen LogP contribution in [0.5, 0.6) is 5.75 Å². The van der Waals surface area contributed by atoms with Crippen LogP contribution >= 0.6 is 23.1 Å². The number of methoxy groups -OCH3 is 1. The van der Waals surface area contributed by atoms with Crippen LogP contribution in [0.15, 0.2) is 52.9 Å². The lowest BCUT2D eigenvalue weighted by Crippen LogP contribution is -2.29. The molecule has 0 fully saturated rings. The SMILES string of the molecule is COc1ccc(Nc2nnc(SCN3C(=O)c4ccccc4C3=O)s2)cc1. The topological polar surface area (TPSA) is 84.4 Å². The molecule has 0 radical (unpaired) electrons. The summed E-state index contributed by atoms with van der Waals surface area (Å²) in [6, 6.07) is 14.3. The molecule has 2 amide bonds. The third-order valence-electron chi connectivity index (χ3n) is 3.94. The van der Waals surface area contributed by atoms with Crippen molar-refractivity contribution in [2.24, 2.45) is 0 Å². The number of hydrogen-bond acceptors (Lipinski definition) is 8. The maximum atomic E-state index is 12.4. The van der Waals surface area contributed by atoms with Crippen LogP contribution in [-0.2, 0) is 0 Å². The van der Waals surface area contributed by atoms with Crippen LogP contribution in [0, 0.1) is 0 Å². The Kier molecular flexibility index (Phi) is 4.78. The summed E-state index contributed by atoms with van der Waals surface area (Å²) in [6.07, 6.45) is 0. The number of carbonyl (C=O) groups excluding carboxylic acids is 2. The maximum Gasteiger partial charge on any atom is 0.262 e. The lowest BCUT2D eigenvalue weighted by Gasteiger charge is -2.11. The van der Waals surface area contributed by atoms with Crippen molar-refractivity contribution in [3.8, 4) is 5.75 Å². The molecular formula is C18H14N4O3S2. The number of anilines is 2. The second-order valence-corrected chi connectivity index (χ2v) is 7.75. The zero-order chi connectivity index (χ0) is 18.8. The summed E-state index contributed by atoms with van der Waals surface area (Å²) in [5.74, 6) is 0.423. The van der Waals surface area contributed by atoms with E-state index in [0.29, 0.717) is 20.6 Å². The fraction of sp³-hybridized carbons (Fsp3) is 0.111. The second kappa shape index (κ2) is 7.37. The predicted octanol–water partition coefficient (Wildman–Crippen LogP) is 3.64. The highest BCUT2D eigenvalue weighted by molar-refractivity contribution is 8.01. The van der Waals surface area contributed by atoms with Gasteiger partial charge in [0.05, 0.1) is 24.1 Å². The van der Waals surface area contributed by atoms with E-state index in [1.54, 1.807) is 31.4 Å². The highest BCUT2D eigenvalue weighted by Crippen LogP contribution is 2.31. The van der Waals surface area contributed by atoms with Gasteiger partial charge in [0.15, 0.2) is 4.34 Å². The molecule has 0 saturated heterocycles. The van der Waals surface area contributed by atoms with Gasteiger partial charge in [-0.3, -0.25) is 14.5 Å². The van der Waals surface area contributed by atoms with E-state index in [4.69, 9.17) is 4.74 Å². The van der Waals surface area contributed by atoms with Crippen LogP contribution in [-0.4, -0.2) is 39.9 Å². The van der Waals surface area contributed by atoms with E-state index < -0.39 is 0 Å². The van der Waals surface area contributed by atoms with E-state index in [0.717, 1.165) is 11.4 Å². The Morgan fingerprint density at radius 2 is 1.70 bits per heavy atom. The number of carbonyl (C=O) groups is 2. The number of hydrogen-bond donors (Lipinski definition) is 1. The molecule has 1 aromatic heterocycles. The molecule has 1 aliphatic rings. The normalized spacial score (nSPS) is 13.0. The first-order valence-electron chi connectivity index (χ1n) is 7.98. The molecule has 1 N–H and O–H groups in total. The Bertz CT molecular complexity index is 969. The van der Waals surface area contributed by atoms with Crippen LogP contribution in [0.2, 0.25) is 0 Å². The largest absolute Gasteiger partial charge is 0.497 e. The zero-order valence-electron chi connectivity index (χ0n) is 14.2. The Labute approximate surface area is 163 Å². The molecule has 7 nitrogen and oxygen atoms in total. The summed E-state index contributed by atoms with van der Waals surface area (Å²) < 4.78 is 5.80. The summed E-state index contributed by atoms with van der Waals surface area (Å²) in [5.41, 5.74) is 1.76. The molecule has 2 heterocycles. The Balaban J connectivity index is 1.39. The van der Waals surface area contributed by atoms with Crippen molar-refractivity contribution >= 4 is 45.7 Å². The molecule has 27 heavy (non-hydrogen) atoms. The fourth-order valence-corrected chi connectivity index (χ4v) is 4.29. The van der Waals surface area contributed by atoms with Gasteiger partial charge in [-0.15, -0.1) is 10.2 Å². The number of aromatic nitrogens is 2. The van der Waals surface area contributed by atoms with Crippen molar-refractivity contribution < 1.29 is 14.3 Å². The van der Waals surface area contributed by atoms with Gasteiger partial charge < -0.3 is 10.1 Å². The Hall–Kier alpha value is -2.91. The number of amides is 2. The van der Waals surface area contributed by atoms with E-state index in [-0.39, 0.29) is 17.7 Å². The number of rotatable bonds is 6. The Morgan fingerprint density at radius 1 is 1.04 bits per heavy atom. The van der Waals surface area contributed by atoms with Gasteiger partial charge in [0, 0.05) is 5.69 Å². The maximum absolute atomic E-state index is 12.4. The summed E-state index contributed by atoms with van der Waals surface area (Å²) >= 11 is 2.66. The van der Waals surface area contributed by atoms with Gasteiger partial charge in [-0.1, -0.05) is 35.2 Å². The van der Waals surface area contributed by atoms with Crippen molar-refractivity contribution in [1.29, 1.82) is 0 Å². The molecule has 1 aliphatic heterocycles. The van der Waals surface area contributed by atoms with Crippen molar-refractivity contribution in [3.05, 3.63) is 59.7 Å². The van der Waals surface area contributed by atoms with E-state index in [1.807, 2.05) is 24.3 Å². The first-order valence-corrected chi connectivity index (χ1v) is 9.78. The van der Waals surface area contributed by atoms with Gasteiger partial charge in [0.1, 0.15) is 5.75 Å². The number of imide groups is 1. The number of nitrogens with one attached hydrogen (secondary N) is 1. The number of nitrogens with zero attached hydrogens (tertiary/aromatic N) is 3. The molecule has 2 aromatic carbocycles. The average molecular weight is 398 g/mol. The van der Waals surface area contributed by atoms with Gasteiger partial charge in [-0.2, -0.15) is 0 Å². The van der Waals surface area contributed by atoms with Crippen LogP contribution in [0.1, 0.15) is 20.7 Å². The zero-order valence-corrected chi connectivity index (χ0v) is 15.8. The van der Waals surface area contributed by atoms with Gasteiger partial charge in [-0.05, 0) is 36.4 Å². The molecule has 0 saturated carbocycles. The number of fused-ring (bicyclic) bond motifs is 1. The van der Waals surface area contributed by atoms with Crippen molar-refractivity contribution in [2.45, 2.75) is 4.34 Å². The van der Waals surface area contributed by atoms with Crippen LogP contribution in [0.4, 0.5) is 10.8 Å². The highest BCUT2D eigenvalue weighted by atomic mass is 32.2. The average Bonchev–Trinajstić information content (AvgIpc) is 3.24. The minimum atomic E-state index is -0.274. The molecule has 3 aromatic rings. The first kappa shape index (κ1) is 17.5. The lowest BCUT2D eigenvalue weighted by molar-refractivity contribution is 0.0684. The Morgan fingerprint density at radius 3 is 2.33 bits per heavy atom. The standard InChI is InChI=1S/C18H14N4O3S2/c1-25-12-8-6-11(7-9-12)19-17-20-21-18(27-17)26-10-22-15(23)13-4-2-3-5-14(13)16(22)24/h2-9H,10H2,1H3,(H,19,20). The van der Waals surface area contributed by atoms with Crippen molar-refractivity contribution in [1.82, 2.24) is 15.1 Å². The third kappa shape index (κ3) is 3.51. The predicted molar refractivity (Wildman–Crippen MR) is 104 cm³/mol. The molecule has 0 aliphatic carbocycles. The van der Waals surface area contributed by atoms with Crippen LogP contribution < -0.4 is 10.1 Å².